The topological polar surface area (TPSA) is 47.6 Å². The molecule has 1 atom stereocenters. The predicted octanol–water partition coefficient (Wildman–Crippen LogP) is 4.69. The third-order valence-corrected chi connectivity index (χ3v) is 4.68. The molecule has 0 heterocycles. The van der Waals surface area contributed by atoms with Crippen LogP contribution in [0.5, 0.6) is 5.75 Å². The Bertz CT molecular complexity index is 939. The number of methoxy groups -OCH3 is 2. The monoisotopic (exact) mass is 393 g/mol. The number of ether oxygens (including phenoxy) is 2. The van der Waals surface area contributed by atoms with Crippen molar-refractivity contribution in [2.24, 2.45) is 0 Å². The molecule has 5 heteroatoms. The highest BCUT2D eigenvalue weighted by Gasteiger charge is 2.17. The summed E-state index contributed by atoms with van der Waals surface area (Å²) >= 11 is 0. The minimum absolute atomic E-state index is 0.175. The Morgan fingerprint density at radius 3 is 2.34 bits per heavy atom. The zero-order valence-electron chi connectivity index (χ0n) is 16.5. The summed E-state index contributed by atoms with van der Waals surface area (Å²) in [5.74, 6) is 0.285. The SMILES string of the molecule is COCc1cccc(C(=O)NC(Cc2ccc(F)cc2)c2ccc(OC)cc2)c1. The van der Waals surface area contributed by atoms with E-state index in [4.69, 9.17) is 9.47 Å². The molecule has 0 saturated heterocycles. The lowest BCUT2D eigenvalue weighted by molar-refractivity contribution is 0.0936. The number of hydrogen-bond acceptors (Lipinski definition) is 3. The van der Waals surface area contributed by atoms with Gasteiger partial charge in [0.2, 0.25) is 0 Å². The van der Waals surface area contributed by atoms with E-state index in [1.54, 1.807) is 32.4 Å². The van der Waals surface area contributed by atoms with Gasteiger partial charge < -0.3 is 14.8 Å². The van der Waals surface area contributed by atoms with Crippen molar-refractivity contribution >= 4 is 5.91 Å². The first-order valence-electron chi connectivity index (χ1n) is 9.36. The molecule has 0 aliphatic heterocycles. The van der Waals surface area contributed by atoms with Crippen molar-refractivity contribution in [3.63, 3.8) is 0 Å². The van der Waals surface area contributed by atoms with E-state index in [1.165, 1.54) is 12.1 Å². The predicted molar refractivity (Wildman–Crippen MR) is 110 cm³/mol. The summed E-state index contributed by atoms with van der Waals surface area (Å²) in [6.45, 7) is 0.443. The highest BCUT2D eigenvalue weighted by atomic mass is 19.1. The van der Waals surface area contributed by atoms with Crippen LogP contribution in [0.15, 0.2) is 72.8 Å². The molecule has 1 unspecified atom stereocenters. The molecule has 3 aromatic rings. The van der Waals surface area contributed by atoms with Gasteiger partial charge in [-0.15, -0.1) is 0 Å². The van der Waals surface area contributed by atoms with Gasteiger partial charge in [0.25, 0.3) is 5.91 Å². The molecule has 29 heavy (non-hydrogen) atoms. The second-order valence-corrected chi connectivity index (χ2v) is 6.76. The van der Waals surface area contributed by atoms with Crippen molar-refractivity contribution in [1.29, 1.82) is 0 Å². The summed E-state index contributed by atoms with van der Waals surface area (Å²) < 4.78 is 23.6. The van der Waals surface area contributed by atoms with E-state index in [-0.39, 0.29) is 17.8 Å². The van der Waals surface area contributed by atoms with Crippen molar-refractivity contribution < 1.29 is 18.7 Å². The average Bonchev–Trinajstić information content (AvgIpc) is 2.75. The van der Waals surface area contributed by atoms with Gasteiger partial charge in [0.1, 0.15) is 11.6 Å². The molecule has 0 bridgehead atoms. The Morgan fingerprint density at radius 1 is 0.966 bits per heavy atom. The summed E-state index contributed by atoms with van der Waals surface area (Å²) in [6.07, 6.45) is 0.538. The standard InChI is InChI=1S/C24H24FNO3/c1-28-16-18-4-3-5-20(14-18)24(27)26-23(15-17-6-10-21(25)11-7-17)19-8-12-22(29-2)13-9-19/h3-14,23H,15-16H2,1-2H3,(H,26,27). The van der Waals surface area contributed by atoms with Gasteiger partial charge >= 0.3 is 0 Å². The normalized spacial score (nSPS) is 11.7. The molecule has 0 aliphatic carbocycles. The summed E-state index contributed by atoms with van der Waals surface area (Å²) in [5, 5.41) is 3.11. The van der Waals surface area contributed by atoms with Gasteiger partial charge in [-0.3, -0.25) is 4.79 Å². The highest BCUT2D eigenvalue weighted by Crippen LogP contribution is 2.22. The van der Waals surface area contributed by atoms with E-state index in [0.717, 1.165) is 22.4 Å². The maximum absolute atomic E-state index is 13.3. The molecule has 1 N–H and O–H groups in total. The van der Waals surface area contributed by atoms with E-state index >= 15 is 0 Å². The first kappa shape index (κ1) is 20.6. The van der Waals surface area contributed by atoms with Crippen LogP contribution in [-0.4, -0.2) is 20.1 Å². The number of carbonyl (C=O) groups is 1. The van der Waals surface area contributed by atoms with Gasteiger partial charge in [0, 0.05) is 12.7 Å². The average molecular weight is 393 g/mol. The third kappa shape index (κ3) is 5.65. The van der Waals surface area contributed by atoms with Gasteiger partial charge in [-0.25, -0.2) is 4.39 Å². The van der Waals surface area contributed by atoms with Gasteiger partial charge in [-0.2, -0.15) is 0 Å². The number of hydrogen-bond donors (Lipinski definition) is 1. The van der Waals surface area contributed by atoms with Crippen LogP contribution >= 0.6 is 0 Å². The number of amides is 1. The van der Waals surface area contributed by atoms with Crippen LogP contribution < -0.4 is 10.1 Å². The number of nitrogens with one attached hydrogen (secondary N) is 1. The van der Waals surface area contributed by atoms with Crippen molar-refractivity contribution in [3.05, 3.63) is 101 Å². The molecule has 0 aromatic heterocycles. The summed E-state index contributed by atoms with van der Waals surface area (Å²) in [6, 6.07) is 21.0. The van der Waals surface area contributed by atoms with E-state index in [1.807, 2.05) is 42.5 Å². The molecule has 0 spiro atoms. The van der Waals surface area contributed by atoms with Crippen molar-refractivity contribution in [1.82, 2.24) is 5.32 Å². The van der Waals surface area contributed by atoms with Crippen LogP contribution in [0.1, 0.15) is 33.1 Å². The van der Waals surface area contributed by atoms with Crippen molar-refractivity contribution in [2.45, 2.75) is 19.1 Å². The molecule has 0 saturated carbocycles. The zero-order chi connectivity index (χ0) is 20.6. The van der Waals surface area contributed by atoms with Crippen LogP contribution in [-0.2, 0) is 17.8 Å². The Labute approximate surface area is 170 Å². The van der Waals surface area contributed by atoms with Gasteiger partial charge in [0.15, 0.2) is 0 Å². The fourth-order valence-electron chi connectivity index (χ4n) is 3.16. The molecule has 150 valence electrons. The van der Waals surface area contributed by atoms with E-state index in [9.17, 15) is 9.18 Å². The van der Waals surface area contributed by atoms with Crippen molar-refractivity contribution in [3.8, 4) is 5.75 Å². The fourth-order valence-corrected chi connectivity index (χ4v) is 3.16. The fraction of sp³-hybridized carbons (Fsp3) is 0.208. The largest absolute Gasteiger partial charge is 0.497 e. The molecule has 4 nitrogen and oxygen atoms in total. The highest BCUT2D eigenvalue weighted by molar-refractivity contribution is 5.94. The second kappa shape index (κ2) is 9.85. The van der Waals surface area contributed by atoms with Crippen LogP contribution in [0.25, 0.3) is 0 Å². The molecule has 0 radical (unpaired) electrons. The van der Waals surface area contributed by atoms with Gasteiger partial charge in [0.05, 0.1) is 19.8 Å². The van der Waals surface area contributed by atoms with E-state index in [0.29, 0.717) is 18.6 Å². The first-order valence-corrected chi connectivity index (χ1v) is 9.36. The summed E-state index contributed by atoms with van der Waals surface area (Å²) in [4.78, 5) is 12.9. The molecule has 3 rings (SSSR count). The number of rotatable bonds is 8. The number of halogens is 1. The number of carbonyl (C=O) groups excluding carboxylic acids is 1. The van der Waals surface area contributed by atoms with Crippen LogP contribution in [0.4, 0.5) is 4.39 Å². The third-order valence-electron chi connectivity index (χ3n) is 4.68. The van der Waals surface area contributed by atoms with Crippen molar-refractivity contribution in [2.75, 3.05) is 14.2 Å². The minimum atomic E-state index is -0.284. The second-order valence-electron chi connectivity index (χ2n) is 6.76. The molecule has 0 fully saturated rings. The van der Waals surface area contributed by atoms with Crippen LogP contribution in [0.3, 0.4) is 0 Å². The van der Waals surface area contributed by atoms with E-state index in [2.05, 4.69) is 5.32 Å². The Kier molecular flexibility index (Phi) is 6.98. The summed E-state index contributed by atoms with van der Waals surface area (Å²) in [7, 11) is 3.23. The minimum Gasteiger partial charge on any atom is -0.497 e. The smallest absolute Gasteiger partial charge is 0.251 e. The molecular weight excluding hydrogens is 369 g/mol. The lowest BCUT2D eigenvalue weighted by atomic mass is 9.98. The lowest BCUT2D eigenvalue weighted by Crippen LogP contribution is -2.30. The quantitative estimate of drug-likeness (QED) is 0.604. The van der Waals surface area contributed by atoms with Crippen LogP contribution in [0, 0.1) is 5.82 Å². The Morgan fingerprint density at radius 2 is 1.69 bits per heavy atom. The lowest BCUT2D eigenvalue weighted by Gasteiger charge is -2.20. The van der Waals surface area contributed by atoms with Gasteiger partial charge in [-0.1, -0.05) is 36.4 Å². The van der Waals surface area contributed by atoms with Gasteiger partial charge in [-0.05, 0) is 59.5 Å². The Balaban J connectivity index is 1.84. The number of benzene rings is 3. The molecular formula is C24H24FNO3. The summed E-state index contributed by atoms with van der Waals surface area (Å²) in [5.41, 5.74) is 3.37. The van der Waals surface area contributed by atoms with Crippen LogP contribution in [0.2, 0.25) is 0 Å². The maximum Gasteiger partial charge on any atom is 0.251 e. The maximum atomic E-state index is 13.3. The molecule has 3 aromatic carbocycles. The molecule has 0 aliphatic rings. The Hall–Kier alpha value is -3.18. The van der Waals surface area contributed by atoms with E-state index < -0.39 is 0 Å². The molecule has 1 amide bonds. The first-order chi connectivity index (χ1) is 14.1. The zero-order valence-corrected chi connectivity index (χ0v) is 16.5.